The molecule has 1 aromatic rings. The summed E-state index contributed by atoms with van der Waals surface area (Å²) >= 11 is 0. The van der Waals surface area contributed by atoms with Crippen LogP contribution in [0.5, 0.6) is 0 Å². The molecule has 1 saturated heterocycles. The Bertz CT molecular complexity index is 535. The molecule has 1 fully saturated rings. The Kier molecular flexibility index (Phi) is 5.46. The van der Waals surface area contributed by atoms with Gasteiger partial charge in [0.05, 0.1) is 6.61 Å². The van der Waals surface area contributed by atoms with Crippen molar-refractivity contribution in [3.63, 3.8) is 0 Å². The number of methoxy groups -OCH3 is 1. The summed E-state index contributed by atoms with van der Waals surface area (Å²) in [5.41, 5.74) is 0.0527. The second kappa shape index (κ2) is 7.33. The summed E-state index contributed by atoms with van der Waals surface area (Å²) in [5, 5.41) is 6.94. The third kappa shape index (κ3) is 4.37. The number of rotatable bonds is 5. The molecule has 0 saturated carbocycles. The maximum Gasteiger partial charge on any atom is 0.271 e. The Hall–Kier alpha value is -1.73. The topological polar surface area (TPSA) is 76.5 Å². The Balaban J connectivity index is 1.84. The summed E-state index contributed by atoms with van der Waals surface area (Å²) in [6, 6.07) is 2.98. The second-order valence-corrected chi connectivity index (χ2v) is 5.26. The SMILES string of the molecule is COCCN1CCC(NC(=O)c2ccc(=O)n(C)n2)CC1. The molecule has 1 aliphatic heterocycles. The average Bonchev–Trinajstić information content (AvgIpc) is 2.49. The van der Waals surface area contributed by atoms with Gasteiger partial charge in [-0.15, -0.1) is 0 Å². The van der Waals surface area contributed by atoms with Crippen LogP contribution in [0.2, 0.25) is 0 Å². The lowest BCUT2D eigenvalue weighted by molar-refractivity contribution is 0.0886. The second-order valence-electron chi connectivity index (χ2n) is 5.26. The molecule has 1 amide bonds. The van der Waals surface area contributed by atoms with Crippen molar-refractivity contribution < 1.29 is 9.53 Å². The van der Waals surface area contributed by atoms with E-state index in [-0.39, 0.29) is 23.2 Å². The number of hydrogen-bond acceptors (Lipinski definition) is 5. The van der Waals surface area contributed by atoms with Crippen LogP contribution in [0.15, 0.2) is 16.9 Å². The number of carbonyl (C=O) groups is 1. The summed E-state index contributed by atoms with van der Waals surface area (Å²) in [5.74, 6) is -0.221. The smallest absolute Gasteiger partial charge is 0.271 e. The zero-order valence-electron chi connectivity index (χ0n) is 12.5. The number of carbonyl (C=O) groups excluding carboxylic acids is 1. The van der Waals surface area contributed by atoms with Crippen LogP contribution in [-0.2, 0) is 11.8 Å². The predicted molar refractivity (Wildman–Crippen MR) is 78.3 cm³/mol. The minimum atomic E-state index is -0.224. The molecule has 0 atom stereocenters. The van der Waals surface area contributed by atoms with Gasteiger partial charge in [0.1, 0.15) is 5.69 Å². The molecule has 0 spiro atoms. The van der Waals surface area contributed by atoms with E-state index in [2.05, 4.69) is 15.3 Å². The maximum atomic E-state index is 12.1. The summed E-state index contributed by atoms with van der Waals surface area (Å²) in [6.07, 6.45) is 1.84. The summed E-state index contributed by atoms with van der Waals surface area (Å²) < 4.78 is 6.24. The number of hydrogen-bond donors (Lipinski definition) is 1. The van der Waals surface area contributed by atoms with Gasteiger partial charge in [0.15, 0.2) is 0 Å². The molecule has 21 heavy (non-hydrogen) atoms. The van der Waals surface area contributed by atoms with E-state index < -0.39 is 0 Å². The van der Waals surface area contributed by atoms with Crippen molar-refractivity contribution in [3.05, 3.63) is 28.2 Å². The van der Waals surface area contributed by atoms with Crippen LogP contribution < -0.4 is 10.9 Å². The van der Waals surface area contributed by atoms with Crippen molar-refractivity contribution in [2.45, 2.75) is 18.9 Å². The van der Waals surface area contributed by atoms with Gasteiger partial charge in [0, 0.05) is 45.9 Å². The van der Waals surface area contributed by atoms with E-state index in [0.29, 0.717) is 0 Å². The molecule has 1 aromatic heterocycles. The van der Waals surface area contributed by atoms with Gasteiger partial charge in [-0.3, -0.25) is 9.59 Å². The van der Waals surface area contributed by atoms with Crippen LogP contribution >= 0.6 is 0 Å². The number of nitrogens with zero attached hydrogens (tertiary/aromatic N) is 3. The number of aryl methyl sites for hydroxylation is 1. The highest BCUT2D eigenvalue weighted by molar-refractivity contribution is 5.92. The first-order valence-corrected chi connectivity index (χ1v) is 7.16. The molecule has 0 aromatic carbocycles. The molecule has 1 N–H and O–H groups in total. The number of piperidine rings is 1. The summed E-state index contributed by atoms with van der Waals surface area (Å²) in [4.78, 5) is 25.7. The Labute approximate surface area is 123 Å². The number of nitrogens with one attached hydrogen (secondary N) is 1. The van der Waals surface area contributed by atoms with Crippen molar-refractivity contribution >= 4 is 5.91 Å². The Morgan fingerprint density at radius 1 is 1.43 bits per heavy atom. The van der Waals surface area contributed by atoms with E-state index in [0.717, 1.165) is 39.1 Å². The summed E-state index contributed by atoms with van der Waals surface area (Å²) in [6.45, 7) is 3.57. The van der Waals surface area contributed by atoms with Crippen LogP contribution in [0.4, 0.5) is 0 Å². The van der Waals surface area contributed by atoms with Crippen molar-refractivity contribution in [1.82, 2.24) is 20.0 Å². The molecule has 2 heterocycles. The Morgan fingerprint density at radius 3 is 2.76 bits per heavy atom. The molecule has 116 valence electrons. The monoisotopic (exact) mass is 294 g/mol. The standard InChI is InChI=1S/C14H22N4O3/c1-17-13(19)4-3-12(16-17)14(20)15-11-5-7-18(8-6-11)9-10-21-2/h3-4,11H,5-10H2,1-2H3,(H,15,20). The normalized spacial score (nSPS) is 16.9. The number of amides is 1. The zero-order chi connectivity index (χ0) is 15.2. The van der Waals surface area contributed by atoms with Crippen LogP contribution in [-0.4, -0.2) is 60.0 Å². The van der Waals surface area contributed by atoms with Crippen molar-refractivity contribution in [2.24, 2.45) is 7.05 Å². The molecule has 7 heteroatoms. The lowest BCUT2D eigenvalue weighted by Crippen LogP contribution is -2.45. The third-order valence-electron chi connectivity index (χ3n) is 3.73. The largest absolute Gasteiger partial charge is 0.383 e. The van der Waals surface area contributed by atoms with Crippen LogP contribution in [0.3, 0.4) is 0 Å². The van der Waals surface area contributed by atoms with Gasteiger partial charge in [-0.1, -0.05) is 0 Å². The molecule has 2 rings (SSSR count). The molecule has 1 aliphatic rings. The minimum Gasteiger partial charge on any atom is -0.383 e. The van der Waals surface area contributed by atoms with E-state index >= 15 is 0 Å². The van der Waals surface area contributed by atoms with Gasteiger partial charge < -0.3 is 15.0 Å². The quantitative estimate of drug-likeness (QED) is 0.801. The lowest BCUT2D eigenvalue weighted by atomic mass is 10.0. The van der Waals surface area contributed by atoms with Crippen LogP contribution in [0.1, 0.15) is 23.3 Å². The van der Waals surface area contributed by atoms with Gasteiger partial charge in [-0.2, -0.15) is 5.10 Å². The minimum absolute atomic E-state index is 0.162. The highest BCUT2D eigenvalue weighted by Crippen LogP contribution is 2.10. The van der Waals surface area contributed by atoms with Crippen molar-refractivity contribution in [1.29, 1.82) is 0 Å². The maximum absolute atomic E-state index is 12.1. The van der Waals surface area contributed by atoms with E-state index in [1.807, 2.05) is 0 Å². The number of ether oxygens (including phenoxy) is 1. The summed E-state index contributed by atoms with van der Waals surface area (Å²) in [7, 11) is 3.24. The molecule has 0 radical (unpaired) electrons. The van der Waals surface area contributed by atoms with E-state index in [9.17, 15) is 9.59 Å². The number of aromatic nitrogens is 2. The van der Waals surface area contributed by atoms with Gasteiger partial charge in [0.2, 0.25) is 0 Å². The fraction of sp³-hybridized carbons (Fsp3) is 0.643. The molecule has 0 unspecified atom stereocenters. The molecule has 0 bridgehead atoms. The third-order valence-corrected chi connectivity index (χ3v) is 3.73. The predicted octanol–water partition coefficient (Wildman–Crippen LogP) is -0.379. The number of likely N-dealkylation sites (tertiary alicyclic amines) is 1. The van der Waals surface area contributed by atoms with E-state index in [1.54, 1.807) is 7.11 Å². The zero-order valence-corrected chi connectivity index (χ0v) is 12.5. The van der Waals surface area contributed by atoms with Gasteiger partial charge in [-0.25, -0.2) is 4.68 Å². The van der Waals surface area contributed by atoms with Gasteiger partial charge in [0.25, 0.3) is 11.5 Å². The van der Waals surface area contributed by atoms with Crippen molar-refractivity contribution in [3.8, 4) is 0 Å². The van der Waals surface area contributed by atoms with E-state index in [1.165, 1.54) is 23.9 Å². The fourth-order valence-electron chi connectivity index (χ4n) is 2.40. The molecule has 7 nitrogen and oxygen atoms in total. The molecule has 0 aliphatic carbocycles. The van der Waals surface area contributed by atoms with Gasteiger partial charge >= 0.3 is 0 Å². The average molecular weight is 294 g/mol. The van der Waals surface area contributed by atoms with Crippen LogP contribution in [0.25, 0.3) is 0 Å². The molecular weight excluding hydrogens is 272 g/mol. The van der Waals surface area contributed by atoms with Crippen LogP contribution in [0, 0.1) is 0 Å². The van der Waals surface area contributed by atoms with Crippen molar-refractivity contribution in [2.75, 3.05) is 33.4 Å². The van der Waals surface area contributed by atoms with Gasteiger partial charge in [-0.05, 0) is 18.9 Å². The first-order valence-electron chi connectivity index (χ1n) is 7.16. The Morgan fingerprint density at radius 2 is 2.14 bits per heavy atom. The molecular formula is C14H22N4O3. The fourth-order valence-corrected chi connectivity index (χ4v) is 2.40. The lowest BCUT2D eigenvalue weighted by Gasteiger charge is -2.32. The first kappa shape index (κ1) is 15.7. The first-order chi connectivity index (χ1) is 10.1. The highest BCUT2D eigenvalue weighted by atomic mass is 16.5. The highest BCUT2D eigenvalue weighted by Gasteiger charge is 2.21. The van der Waals surface area contributed by atoms with E-state index in [4.69, 9.17) is 4.74 Å².